The number of aliphatic imine (C=N–C) groups is 1. The molecule has 1 aromatic carbocycles. The molecule has 0 aliphatic carbocycles. The third kappa shape index (κ3) is 6.10. The molecule has 1 saturated heterocycles. The minimum absolute atomic E-state index is 0.00119. The summed E-state index contributed by atoms with van der Waals surface area (Å²) in [6, 6.07) is 8.49. The van der Waals surface area contributed by atoms with E-state index in [0.717, 1.165) is 24.1 Å². The van der Waals surface area contributed by atoms with Crippen LogP contribution in [-0.4, -0.2) is 35.4 Å². The number of likely N-dealkylation sites (tertiary alicyclic amines) is 1. The number of Topliss-reactive ketones (excluding diaryl/α,β-unsaturated/α-hetero) is 1. The molecule has 1 aliphatic rings. The summed E-state index contributed by atoms with van der Waals surface area (Å²) in [5.74, 6) is -0.621. The molecule has 0 bridgehead atoms. The van der Waals surface area contributed by atoms with E-state index in [9.17, 15) is 9.59 Å². The molecule has 0 saturated carbocycles. The first-order chi connectivity index (χ1) is 14.8. The highest BCUT2D eigenvalue weighted by Gasteiger charge is 2.23. The van der Waals surface area contributed by atoms with E-state index in [0.29, 0.717) is 44.4 Å². The normalized spacial score (nSPS) is 15.6. The van der Waals surface area contributed by atoms with Crippen molar-refractivity contribution in [1.82, 2.24) is 4.90 Å². The van der Waals surface area contributed by atoms with E-state index in [4.69, 9.17) is 40.5 Å². The second-order valence-electron chi connectivity index (χ2n) is 7.24. The number of allylic oxidation sites excluding steroid dienone is 2. The monoisotopic (exact) mass is 497 g/mol. The summed E-state index contributed by atoms with van der Waals surface area (Å²) >= 11 is 19.7. The number of nitrogens with two attached hydrogens (primary N) is 1. The summed E-state index contributed by atoms with van der Waals surface area (Å²) in [7, 11) is 0. The molecule has 0 radical (unpaired) electrons. The van der Waals surface area contributed by atoms with E-state index in [-0.39, 0.29) is 18.0 Å². The van der Waals surface area contributed by atoms with Crippen LogP contribution in [0, 0.1) is 0 Å². The fraction of sp³-hybridized carbons (Fsp3) is 0.318. The average Bonchev–Trinajstić information content (AvgIpc) is 3.18. The molecule has 1 aromatic heterocycles. The quantitative estimate of drug-likeness (QED) is 0.300. The summed E-state index contributed by atoms with van der Waals surface area (Å²) < 4.78 is 0.572. The molecule has 2 heterocycles. The van der Waals surface area contributed by atoms with Crippen LogP contribution in [0.5, 0.6) is 0 Å². The number of carbonyl (C=O) groups is 2. The minimum Gasteiger partial charge on any atom is -0.396 e. The highest BCUT2D eigenvalue weighted by molar-refractivity contribution is 7.18. The van der Waals surface area contributed by atoms with Gasteiger partial charge in [-0.15, -0.1) is 11.3 Å². The molecule has 1 fully saturated rings. The Labute approximate surface area is 200 Å². The average molecular weight is 499 g/mol. The number of nitrogens with zero attached hydrogens (tertiary/aromatic N) is 2. The van der Waals surface area contributed by atoms with Crippen molar-refractivity contribution in [3.05, 3.63) is 60.9 Å². The number of hydrogen-bond donors (Lipinski definition) is 1. The van der Waals surface area contributed by atoms with Crippen LogP contribution in [0.15, 0.2) is 46.6 Å². The summed E-state index contributed by atoms with van der Waals surface area (Å²) in [5, 5.41) is 0.855. The SMILES string of the molecule is C/C(C(=Nc1ccc(Cl)cc1Cl)c1ccc(Cl)s1)=C(/N)C(=O)CC(=O)N1CCCCC1. The molecule has 9 heteroatoms. The maximum absolute atomic E-state index is 12.8. The lowest BCUT2D eigenvalue weighted by Crippen LogP contribution is -2.37. The Morgan fingerprint density at radius 1 is 1.10 bits per heavy atom. The van der Waals surface area contributed by atoms with E-state index in [1.807, 2.05) is 0 Å². The lowest BCUT2D eigenvalue weighted by Gasteiger charge is -2.26. The zero-order chi connectivity index (χ0) is 22.5. The third-order valence-corrected chi connectivity index (χ3v) is 6.80. The first-order valence-electron chi connectivity index (χ1n) is 9.83. The minimum atomic E-state index is -0.425. The van der Waals surface area contributed by atoms with Gasteiger partial charge in [-0.05, 0) is 56.5 Å². The number of rotatable bonds is 6. The van der Waals surface area contributed by atoms with Gasteiger partial charge in [0.25, 0.3) is 0 Å². The van der Waals surface area contributed by atoms with Crippen LogP contribution < -0.4 is 5.73 Å². The first-order valence-corrected chi connectivity index (χ1v) is 11.8. The molecule has 5 nitrogen and oxygen atoms in total. The molecule has 0 atom stereocenters. The molecule has 0 spiro atoms. The largest absolute Gasteiger partial charge is 0.396 e. The number of benzene rings is 1. The third-order valence-electron chi connectivity index (χ3n) is 5.03. The zero-order valence-corrected chi connectivity index (χ0v) is 20.0. The number of piperidine rings is 1. The molecule has 0 unspecified atom stereocenters. The fourth-order valence-corrected chi connectivity index (χ4v) is 4.82. The molecular formula is C22H22Cl3N3O2S. The van der Waals surface area contributed by atoms with Crippen molar-refractivity contribution in [3.8, 4) is 0 Å². The number of halogens is 3. The highest BCUT2D eigenvalue weighted by Crippen LogP contribution is 2.32. The van der Waals surface area contributed by atoms with Crippen LogP contribution in [0.2, 0.25) is 14.4 Å². The Morgan fingerprint density at radius 2 is 1.81 bits per heavy atom. The Bertz CT molecular complexity index is 1060. The van der Waals surface area contributed by atoms with Crippen molar-refractivity contribution in [2.24, 2.45) is 10.7 Å². The van der Waals surface area contributed by atoms with Crippen molar-refractivity contribution in [3.63, 3.8) is 0 Å². The number of hydrogen-bond acceptors (Lipinski definition) is 5. The van der Waals surface area contributed by atoms with Gasteiger partial charge in [0.2, 0.25) is 5.91 Å². The van der Waals surface area contributed by atoms with Crippen molar-refractivity contribution < 1.29 is 9.59 Å². The molecule has 1 aliphatic heterocycles. The van der Waals surface area contributed by atoms with Crippen LogP contribution >= 0.6 is 46.1 Å². The van der Waals surface area contributed by atoms with Crippen molar-refractivity contribution in [1.29, 1.82) is 0 Å². The smallest absolute Gasteiger partial charge is 0.230 e. The van der Waals surface area contributed by atoms with Gasteiger partial charge < -0.3 is 10.6 Å². The molecule has 2 N–H and O–H groups in total. The van der Waals surface area contributed by atoms with Crippen LogP contribution in [-0.2, 0) is 9.59 Å². The highest BCUT2D eigenvalue weighted by atomic mass is 35.5. The number of carbonyl (C=O) groups excluding carboxylic acids is 2. The maximum atomic E-state index is 12.8. The van der Waals surface area contributed by atoms with Gasteiger partial charge in [0, 0.05) is 23.7 Å². The van der Waals surface area contributed by atoms with Gasteiger partial charge in [-0.1, -0.05) is 34.8 Å². The second kappa shape index (κ2) is 10.6. The number of amides is 1. The first kappa shape index (κ1) is 23.8. The molecule has 31 heavy (non-hydrogen) atoms. The lowest BCUT2D eigenvalue weighted by molar-refractivity contribution is -0.135. The van der Waals surface area contributed by atoms with E-state index < -0.39 is 5.78 Å². The van der Waals surface area contributed by atoms with Crippen LogP contribution in [0.4, 0.5) is 5.69 Å². The van der Waals surface area contributed by atoms with Crippen LogP contribution in [0.3, 0.4) is 0 Å². The summed E-state index contributed by atoms with van der Waals surface area (Å²) in [4.78, 5) is 32.4. The van der Waals surface area contributed by atoms with E-state index >= 15 is 0 Å². The van der Waals surface area contributed by atoms with Crippen LogP contribution in [0.25, 0.3) is 0 Å². The van der Waals surface area contributed by atoms with Gasteiger partial charge in [0.15, 0.2) is 5.78 Å². The van der Waals surface area contributed by atoms with E-state index in [1.54, 1.807) is 42.2 Å². The Kier molecular flexibility index (Phi) is 8.17. The Morgan fingerprint density at radius 3 is 2.42 bits per heavy atom. The molecule has 1 amide bonds. The predicted molar refractivity (Wildman–Crippen MR) is 129 cm³/mol. The number of thiophene rings is 1. The summed E-state index contributed by atoms with van der Waals surface area (Å²) in [6.45, 7) is 3.07. The van der Waals surface area contributed by atoms with Gasteiger partial charge in [0.05, 0.1) is 37.8 Å². The van der Waals surface area contributed by atoms with Gasteiger partial charge in [-0.3, -0.25) is 9.59 Å². The van der Waals surface area contributed by atoms with E-state index in [2.05, 4.69) is 4.99 Å². The van der Waals surface area contributed by atoms with Crippen LogP contribution in [0.1, 0.15) is 37.5 Å². The lowest BCUT2D eigenvalue weighted by atomic mass is 10.0. The molecule has 2 aromatic rings. The summed E-state index contributed by atoms with van der Waals surface area (Å²) in [6.07, 6.45) is 2.77. The maximum Gasteiger partial charge on any atom is 0.230 e. The van der Waals surface area contributed by atoms with Gasteiger partial charge >= 0.3 is 0 Å². The topological polar surface area (TPSA) is 75.8 Å². The molecule has 164 valence electrons. The number of ketones is 1. The van der Waals surface area contributed by atoms with Crippen molar-refractivity contribution in [2.45, 2.75) is 32.6 Å². The molecule has 3 rings (SSSR count). The predicted octanol–water partition coefficient (Wildman–Crippen LogP) is 6.03. The van der Waals surface area contributed by atoms with Crippen molar-refractivity contribution >= 4 is 69.2 Å². The Balaban J connectivity index is 1.93. The van der Waals surface area contributed by atoms with Crippen molar-refractivity contribution in [2.75, 3.05) is 13.1 Å². The Hall–Kier alpha value is -1.86. The standard InChI is InChI=1S/C22H22Cl3N3O2S/c1-13(21(26)17(29)12-20(30)28-9-3-2-4-10-28)22(18-7-8-19(25)31-18)27-16-6-5-14(23)11-15(16)24/h5-8,11H,2-4,9-10,12,26H2,1H3/b21-13-,27-22?. The van der Waals surface area contributed by atoms with Gasteiger partial charge in [-0.2, -0.15) is 0 Å². The van der Waals surface area contributed by atoms with Gasteiger partial charge in [-0.25, -0.2) is 4.99 Å². The second-order valence-corrected chi connectivity index (χ2v) is 9.80. The molecular weight excluding hydrogens is 477 g/mol. The zero-order valence-electron chi connectivity index (χ0n) is 17.0. The fourth-order valence-electron chi connectivity index (χ4n) is 3.28. The van der Waals surface area contributed by atoms with Gasteiger partial charge in [0.1, 0.15) is 0 Å². The van der Waals surface area contributed by atoms with E-state index in [1.165, 1.54) is 11.3 Å². The summed E-state index contributed by atoms with van der Waals surface area (Å²) in [5.41, 5.74) is 7.60.